The third kappa shape index (κ3) is 3.86. The maximum Gasteiger partial charge on any atom is 0.319 e. The molecule has 2 aromatic heterocycles. The number of nitrogens with one attached hydrogen (secondary N) is 2. The molecule has 32 heavy (non-hydrogen) atoms. The number of carbonyl (C=O) groups is 1. The van der Waals surface area contributed by atoms with Crippen LogP contribution in [-0.2, 0) is 0 Å². The van der Waals surface area contributed by atoms with E-state index in [9.17, 15) is 4.79 Å². The van der Waals surface area contributed by atoms with Gasteiger partial charge in [0.05, 0.1) is 16.3 Å². The van der Waals surface area contributed by atoms with Gasteiger partial charge in [-0.3, -0.25) is 0 Å². The van der Waals surface area contributed by atoms with Crippen molar-refractivity contribution in [2.75, 3.05) is 11.1 Å². The summed E-state index contributed by atoms with van der Waals surface area (Å²) in [5.74, 6) is 0.507. The van der Waals surface area contributed by atoms with E-state index in [1.165, 1.54) is 6.33 Å². The lowest BCUT2D eigenvalue weighted by Gasteiger charge is -2.15. The minimum atomic E-state index is -0.237. The monoisotopic (exact) mass is 439 g/mol. The molecule has 5 aromatic rings. The highest BCUT2D eigenvalue weighted by Crippen LogP contribution is 2.37. The fourth-order valence-electron chi connectivity index (χ4n) is 3.71. The Hall–Kier alpha value is -3.97. The largest absolute Gasteiger partial charge is 0.382 e. The molecule has 0 spiro atoms. The Morgan fingerprint density at radius 1 is 0.969 bits per heavy atom. The molecule has 0 radical (unpaired) electrons. The molecule has 5 rings (SSSR count). The topological polar surface area (TPSA) is 92.9 Å². The van der Waals surface area contributed by atoms with Crippen LogP contribution in [0.4, 0.5) is 16.3 Å². The molecule has 0 saturated heterocycles. The molecule has 3 aromatic carbocycles. The number of nitrogens with two attached hydrogens (primary N) is 1. The standard InChI is InChI=1S/C25H21N5OS/c1-15(16-5-3-2-4-6-16)29-25(31)30-19-10-7-17(8-11-19)18-9-12-20-21(13-18)32-23-22(20)27-14-28-24(23)26/h2-15H,1H3,(H2,26,27,28)(H2,29,30,31). The Bertz CT molecular complexity index is 1410. The van der Waals surface area contributed by atoms with Crippen LogP contribution in [0.5, 0.6) is 0 Å². The van der Waals surface area contributed by atoms with Gasteiger partial charge < -0.3 is 16.4 Å². The predicted octanol–water partition coefficient (Wildman–Crippen LogP) is 5.98. The van der Waals surface area contributed by atoms with Gasteiger partial charge in [-0.15, -0.1) is 11.3 Å². The summed E-state index contributed by atoms with van der Waals surface area (Å²) in [6, 6.07) is 23.6. The summed E-state index contributed by atoms with van der Waals surface area (Å²) in [4.78, 5) is 20.8. The maximum atomic E-state index is 12.4. The van der Waals surface area contributed by atoms with E-state index in [2.05, 4.69) is 38.8 Å². The number of carbonyl (C=O) groups excluding carboxylic acids is 1. The second-order valence-corrected chi connectivity index (χ2v) is 8.61. The summed E-state index contributed by atoms with van der Waals surface area (Å²) in [7, 11) is 0. The van der Waals surface area contributed by atoms with Gasteiger partial charge in [-0.25, -0.2) is 14.8 Å². The van der Waals surface area contributed by atoms with Crippen molar-refractivity contribution in [2.24, 2.45) is 0 Å². The molecule has 0 aliphatic carbocycles. The molecule has 2 amide bonds. The SMILES string of the molecule is CC(NC(=O)Nc1ccc(-c2ccc3c(c2)sc2c(N)ncnc23)cc1)c1ccccc1. The van der Waals surface area contributed by atoms with Crippen molar-refractivity contribution in [1.82, 2.24) is 15.3 Å². The second-order valence-electron chi connectivity index (χ2n) is 7.56. The number of rotatable bonds is 4. The Morgan fingerprint density at radius 3 is 2.50 bits per heavy atom. The highest BCUT2D eigenvalue weighted by molar-refractivity contribution is 7.26. The minimum absolute atomic E-state index is 0.0813. The predicted molar refractivity (Wildman–Crippen MR) is 132 cm³/mol. The second kappa shape index (κ2) is 8.28. The number of hydrogen-bond acceptors (Lipinski definition) is 5. The van der Waals surface area contributed by atoms with Crippen molar-refractivity contribution in [3.05, 3.63) is 84.7 Å². The third-order valence-electron chi connectivity index (χ3n) is 5.40. The molecule has 7 heteroatoms. The van der Waals surface area contributed by atoms with Crippen molar-refractivity contribution >= 4 is 49.2 Å². The molecule has 6 nitrogen and oxygen atoms in total. The van der Waals surface area contributed by atoms with E-state index in [1.54, 1.807) is 11.3 Å². The summed E-state index contributed by atoms with van der Waals surface area (Å²) in [6.45, 7) is 1.96. The van der Waals surface area contributed by atoms with Crippen LogP contribution >= 0.6 is 11.3 Å². The first-order chi connectivity index (χ1) is 15.6. The molecule has 2 heterocycles. The van der Waals surface area contributed by atoms with Gasteiger partial charge in [0.2, 0.25) is 0 Å². The summed E-state index contributed by atoms with van der Waals surface area (Å²) in [6.07, 6.45) is 1.50. The molecule has 4 N–H and O–H groups in total. The Kier molecular flexibility index (Phi) is 5.17. The quantitative estimate of drug-likeness (QED) is 0.321. The van der Waals surface area contributed by atoms with E-state index in [1.807, 2.05) is 61.5 Å². The molecule has 0 fully saturated rings. The molecule has 1 atom stereocenters. The van der Waals surface area contributed by atoms with E-state index >= 15 is 0 Å². The van der Waals surface area contributed by atoms with E-state index in [-0.39, 0.29) is 12.1 Å². The number of nitrogen functional groups attached to an aromatic ring is 1. The first-order valence-corrected chi connectivity index (χ1v) is 11.1. The van der Waals surface area contributed by atoms with Crippen molar-refractivity contribution < 1.29 is 4.79 Å². The van der Waals surface area contributed by atoms with Gasteiger partial charge in [0.1, 0.15) is 12.1 Å². The minimum Gasteiger partial charge on any atom is -0.382 e. The van der Waals surface area contributed by atoms with Crippen LogP contribution in [0.3, 0.4) is 0 Å². The maximum absolute atomic E-state index is 12.4. The van der Waals surface area contributed by atoms with Gasteiger partial charge in [0, 0.05) is 15.8 Å². The van der Waals surface area contributed by atoms with Crippen LogP contribution in [0, 0.1) is 0 Å². The zero-order valence-corrected chi connectivity index (χ0v) is 18.2. The number of aromatic nitrogens is 2. The molecule has 1 unspecified atom stereocenters. The lowest BCUT2D eigenvalue weighted by Crippen LogP contribution is -2.31. The van der Waals surface area contributed by atoms with Crippen LogP contribution in [0.2, 0.25) is 0 Å². The number of benzene rings is 3. The van der Waals surface area contributed by atoms with Crippen molar-refractivity contribution in [1.29, 1.82) is 0 Å². The van der Waals surface area contributed by atoms with Gasteiger partial charge in [-0.1, -0.05) is 54.6 Å². The number of thiophene rings is 1. The zero-order valence-electron chi connectivity index (χ0n) is 17.4. The number of urea groups is 1. The number of anilines is 2. The average Bonchev–Trinajstić information content (AvgIpc) is 3.19. The van der Waals surface area contributed by atoms with Crippen LogP contribution < -0.4 is 16.4 Å². The lowest BCUT2D eigenvalue weighted by atomic mass is 10.0. The van der Waals surface area contributed by atoms with Crippen LogP contribution in [0.25, 0.3) is 31.4 Å². The van der Waals surface area contributed by atoms with E-state index < -0.39 is 0 Å². The fraction of sp³-hybridized carbons (Fsp3) is 0.0800. The Balaban J connectivity index is 1.32. The molecular formula is C25H21N5OS. The van der Waals surface area contributed by atoms with Crippen molar-refractivity contribution in [3.63, 3.8) is 0 Å². The summed E-state index contributed by atoms with van der Waals surface area (Å²) >= 11 is 1.60. The highest BCUT2D eigenvalue weighted by atomic mass is 32.1. The van der Waals surface area contributed by atoms with Crippen LogP contribution in [-0.4, -0.2) is 16.0 Å². The molecular weight excluding hydrogens is 418 g/mol. The van der Waals surface area contributed by atoms with Crippen molar-refractivity contribution in [2.45, 2.75) is 13.0 Å². The number of fused-ring (bicyclic) bond motifs is 3. The zero-order chi connectivity index (χ0) is 22.1. The normalized spacial score (nSPS) is 12.0. The van der Waals surface area contributed by atoms with Gasteiger partial charge in [-0.2, -0.15) is 0 Å². The third-order valence-corrected chi connectivity index (χ3v) is 6.57. The molecule has 0 aliphatic heterocycles. The highest BCUT2D eigenvalue weighted by Gasteiger charge is 2.12. The average molecular weight is 440 g/mol. The summed E-state index contributed by atoms with van der Waals surface area (Å²) in [5, 5.41) is 6.93. The smallest absolute Gasteiger partial charge is 0.319 e. The van der Waals surface area contributed by atoms with E-state index in [0.29, 0.717) is 5.82 Å². The van der Waals surface area contributed by atoms with Crippen molar-refractivity contribution in [3.8, 4) is 11.1 Å². The van der Waals surface area contributed by atoms with Gasteiger partial charge in [0.15, 0.2) is 0 Å². The van der Waals surface area contributed by atoms with Crippen LogP contribution in [0.1, 0.15) is 18.5 Å². The van der Waals surface area contributed by atoms with Gasteiger partial charge in [-0.05, 0) is 41.8 Å². The molecule has 0 bridgehead atoms. The van der Waals surface area contributed by atoms with Gasteiger partial charge in [0.25, 0.3) is 0 Å². The Labute approximate surface area is 189 Å². The number of amides is 2. The molecule has 0 aliphatic rings. The van der Waals surface area contributed by atoms with E-state index in [4.69, 9.17) is 5.73 Å². The molecule has 158 valence electrons. The first-order valence-electron chi connectivity index (χ1n) is 10.2. The number of nitrogens with zero attached hydrogens (tertiary/aromatic N) is 2. The molecule has 0 saturated carbocycles. The summed E-state index contributed by atoms with van der Waals surface area (Å²) < 4.78 is 2.02. The Morgan fingerprint density at radius 2 is 1.72 bits per heavy atom. The number of hydrogen-bond donors (Lipinski definition) is 3. The first kappa shape index (κ1) is 20.0. The van der Waals surface area contributed by atoms with Gasteiger partial charge >= 0.3 is 6.03 Å². The van der Waals surface area contributed by atoms with Crippen LogP contribution in [0.15, 0.2) is 79.1 Å². The van der Waals surface area contributed by atoms with E-state index in [0.717, 1.165) is 42.7 Å². The summed E-state index contributed by atoms with van der Waals surface area (Å²) in [5.41, 5.74) is 10.8. The lowest BCUT2D eigenvalue weighted by molar-refractivity contribution is 0.249. The fourth-order valence-corrected chi connectivity index (χ4v) is 4.80.